The summed E-state index contributed by atoms with van der Waals surface area (Å²) in [6, 6.07) is 7.36. The second-order valence-electron chi connectivity index (χ2n) is 7.87. The van der Waals surface area contributed by atoms with Gasteiger partial charge in [0.25, 0.3) is 11.5 Å². The van der Waals surface area contributed by atoms with Crippen LogP contribution in [0.2, 0.25) is 0 Å². The van der Waals surface area contributed by atoms with E-state index in [2.05, 4.69) is 30.2 Å². The first kappa shape index (κ1) is 22.8. The highest BCUT2D eigenvalue weighted by molar-refractivity contribution is 7.17. The molecule has 5 rings (SSSR count). The van der Waals surface area contributed by atoms with E-state index in [-0.39, 0.29) is 11.5 Å². The molecule has 0 saturated heterocycles. The number of fused-ring (bicyclic) bond motifs is 2. The number of carbonyl (C=O) groups is 1. The molecular formula is C24H23N7O3S. The van der Waals surface area contributed by atoms with Crippen LogP contribution in [0.5, 0.6) is 0 Å². The van der Waals surface area contributed by atoms with E-state index in [1.54, 1.807) is 31.6 Å². The third kappa shape index (κ3) is 4.68. The maximum absolute atomic E-state index is 13.1. The van der Waals surface area contributed by atoms with Crippen molar-refractivity contribution in [3.8, 4) is 10.6 Å². The fourth-order valence-electron chi connectivity index (χ4n) is 3.76. The van der Waals surface area contributed by atoms with Gasteiger partial charge in [-0.05, 0) is 44.5 Å². The molecule has 35 heavy (non-hydrogen) atoms. The number of pyridine rings is 1. The largest absolute Gasteiger partial charge is 0.382 e. The van der Waals surface area contributed by atoms with Crippen molar-refractivity contribution in [1.29, 1.82) is 0 Å². The Morgan fingerprint density at radius 1 is 1.20 bits per heavy atom. The molecule has 1 amide bonds. The molecule has 2 N–H and O–H groups in total. The number of aromatic nitrogens is 6. The highest BCUT2D eigenvalue weighted by atomic mass is 32.1. The zero-order chi connectivity index (χ0) is 24.4. The van der Waals surface area contributed by atoms with Crippen molar-refractivity contribution >= 4 is 45.3 Å². The van der Waals surface area contributed by atoms with Gasteiger partial charge in [0, 0.05) is 37.7 Å². The number of rotatable bonds is 8. The van der Waals surface area contributed by atoms with Crippen LogP contribution in [0.15, 0.2) is 47.7 Å². The number of aryl methyl sites for hydroxylation is 2. The van der Waals surface area contributed by atoms with Gasteiger partial charge in [-0.15, -0.1) is 11.3 Å². The van der Waals surface area contributed by atoms with Gasteiger partial charge in [-0.25, -0.2) is 15.0 Å². The van der Waals surface area contributed by atoms with Crippen LogP contribution in [-0.2, 0) is 11.3 Å². The molecule has 4 aromatic heterocycles. The molecule has 0 saturated carbocycles. The van der Waals surface area contributed by atoms with E-state index in [1.165, 1.54) is 11.3 Å². The van der Waals surface area contributed by atoms with Gasteiger partial charge < -0.3 is 14.3 Å². The number of hydrogen-bond acceptors (Lipinski definition) is 8. The fraction of sp³-hybridized carbons (Fsp3) is 0.250. The van der Waals surface area contributed by atoms with Crippen molar-refractivity contribution in [2.24, 2.45) is 0 Å². The lowest BCUT2D eigenvalue weighted by Gasteiger charge is -2.10. The zero-order valence-electron chi connectivity index (χ0n) is 19.2. The Bertz CT molecular complexity index is 1570. The van der Waals surface area contributed by atoms with Crippen molar-refractivity contribution in [3.63, 3.8) is 0 Å². The van der Waals surface area contributed by atoms with Gasteiger partial charge in [-0.1, -0.05) is 0 Å². The van der Waals surface area contributed by atoms with E-state index in [0.29, 0.717) is 52.8 Å². The molecule has 5 aromatic rings. The van der Waals surface area contributed by atoms with Crippen LogP contribution >= 0.6 is 11.3 Å². The van der Waals surface area contributed by atoms with E-state index < -0.39 is 0 Å². The lowest BCUT2D eigenvalue weighted by Crippen LogP contribution is -2.15. The summed E-state index contributed by atoms with van der Waals surface area (Å²) in [7, 11) is 0. The van der Waals surface area contributed by atoms with E-state index in [9.17, 15) is 9.59 Å². The molecule has 0 spiro atoms. The van der Waals surface area contributed by atoms with E-state index in [1.807, 2.05) is 29.7 Å². The molecule has 0 bridgehead atoms. The molecule has 178 valence electrons. The number of benzene rings is 1. The maximum atomic E-state index is 13.1. The number of H-pyrrole nitrogens is 1. The summed E-state index contributed by atoms with van der Waals surface area (Å²) in [6.07, 6.45) is 5.68. The van der Waals surface area contributed by atoms with Gasteiger partial charge in [0.1, 0.15) is 15.6 Å². The summed E-state index contributed by atoms with van der Waals surface area (Å²) in [5.41, 5.74) is 3.75. The van der Waals surface area contributed by atoms with Crippen LogP contribution in [0.1, 0.15) is 28.7 Å². The van der Waals surface area contributed by atoms with Crippen LogP contribution in [-0.4, -0.2) is 48.6 Å². The van der Waals surface area contributed by atoms with Crippen molar-refractivity contribution in [3.05, 3.63) is 63.8 Å². The van der Waals surface area contributed by atoms with Crippen molar-refractivity contribution < 1.29 is 9.53 Å². The molecule has 10 nitrogen and oxygen atoms in total. The highest BCUT2D eigenvalue weighted by Gasteiger charge is 2.18. The minimum absolute atomic E-state index is 0.239. The molecular weight excluding hydrogens is 466 g/mol. The zero-order valence-corrected chi connectivity index (χ0v) is 20.1. The molecule has 0 aliphatic heterocycles. The van der Waals surface area contributed by atoms with Crippen LogP contribution < -0.4 is 10.9 Å². The second-order valence-corrected chi connectivity index (χ2v) is 8.90. The quantitative estimate of drug-likeness (QED) is 0.318. The van der Waals surface area contributed by atoms with Crippen LogP contribution in [0.25, 0.3) is 32.6 Å². The molecule has 0 aliphatic carbocycles. The minimum Gasteiger partial charge on any atom is -0.382 e. The first-order chi connectivity index (χ1) is 17.0. The standard InChI is InChI=1S/C24H23N7O3S/c1-3-34-10-4-9-31-19-12-17-16(28-21(32)14(2)27-17)11-18(19)29-24(31)30-22(33)20-13-26-23(35-20)15-5-7-25-8-6-15/h5-8,11-13H,3-4,9-10H2,1-2H3,(H,28,32)(H,29,30,33). The van der Waals surface area contributed by atoms with Crippen LogP contribution in [0.3, 0.4) is 0 Å². The lowest BCUT2D eigenvalue weighted by atomic mass is 10.2. The average molecular weight is 490 g/mol. The first-order valence-corrected chi connectivity index (χ1v) is 12.0. The van der Waals surface area contributed by atoms with Crippen LogP contribution in [0, 0.1) is 6.92 Å². The van der Waals surface area contributed by atoms with Crippen LogP contribution in [0.4, 0.5) is 5.95 Å². The van der Waals surface area contributed by atoms with Crippen molar-refractivity contribution in [2.45, 2.75) is 26.8 Å². The Labute approximate surface area is 204 Å². The van der Waals surface area contributed by atoms with Gasteiger partial charge in [-0.3, -0.25) is 19.9 Å². The Balaban J connectivity index is 1.50. The lowest BCUT2D eigenvalue weighted by molar-refractivity contribution is 0.102. The van der Waals surface area contributed by atoms with Crippen molar-refractivity contribution in [1.82, 2.24) is 29.5 Å². The van der Waals surface area contributed by atoms with Gasteiger partial charge in [0.05, 0.1) is 28.3 Å². The third-order valence-electron chi connectivity index (χ3n) is 5.49. The van der Waals surface area contributed by atoms with E-state index in [4.69, 9.17) is 4.74 Å². The summed E-state index contributed by atoms with van der Waals surface area (Å²) in [5, 5.41) is 3.67. The fourth-order valence-corrected chi connectivity index (χ4v) is 4.57. The number of nitrogens with zero attached hydrogens (tertiary/aromatic N) is 5. The van der Waals surface area contributed by atoms with Crippen molar-refractivity contribution in [2.75, 3.05) is 18.5 Å². The molecule has 11 heteroatoms. The predicted octanol–water partition coefficient (Wildman–Crippen LogP) is 3.78. The normalized spacial score (nSPS) is 11.4. The number of hydrogen-bond donors (Lipinski definition) is 2. The van der Waals surface area contributed by atoms with Gasteiger partial charge >= 0.3 is 0 Å². The highest BCUT2D eigenvalue weighted by Crippen LogP contribution is 2.27. The molecule has 0 aliphatic rings. The van der Waals surface area contributed by atoms with Gasteiger partial charge in [0.2, 0.25) is 5.95 Å². The summed E-state index contributed by atoms with van der Waals surface area (Å²) in [5.74, 6) is 0.117. The number of nitrogens with one attached hydrogen (secondary N) is 2. The molecule has 1 aromatic carbocycles. The summed E-state index contributed by atoms with van der Waals surface area (Å²) in [6.45, 7) is 5.44. The maximum Gasteiger partial charge on any atom is 0.269 e. The molecule has 0 fully saturated rings. The predicted molar refractivity (Wildman–Crippen MR) is 135 cm³/mol. The minimum atomic E-state index is -0.295. The molecule has 0 unspecified atom stereocenters. The smallest absolute Gasteiger partial charge is 0.269 e. The summed E-state index contributed by atoms with van der Waals surface area (Å²) >= 11 is 1.30. The molecule has 0 atom stereocenters. The average Bonchev–Trinajstić information content (AvgIpc) is 3.47. The number of ether oxygens (including phenoxy) is 1. The Hall–Kier alpha value is -3.96. The number of aromatic amines is 1. The SMILES string of the molecule is CCOCCCn1c(NC(=O)c2cnc(-c3ccncc3)s2)nc2cc3[nH]c(=O)c(C)nc3cc21. The third-order valence-corrected chi connectivity index (χ3v) is 6.53. The Morgan fingerprint density at radius 2 is 2.03 bits per heavy atom. The number of anilines is 1. The number of carbonyl (C=O) groups excluding carboxylic acids is 1. The molecule has 0 radical (unpaired) electrons. The Morgan fingerprint density at radius 3 is 2.83 bits per heavy atom. The van der Waals surface area contributed by atoms with Gasteiger partial charge in [0.15, 0.2) is 0 Å². The summed E-state index contributed by atoms with van der Waals surface area (Å²) in [4.78, 5) is 45.9. The first-order valence-electron chi connectivity index (χ1n) is 11.2. The number of thiazole rings is 1. The topological polar surface area (TPSA) is 128 Å². The number of imidazole rings is 1. The summed E-state index contributed by atoms with van der Waals surface area (Å²) < 4.78 is 7.44. The number of amides is 1. The molecule has 4 heterocycles. The monoisotopic (exact) mass is 489 g/mol. The second kappa shape index (κ2) is 9.72. The van der Waals surface area contributed by atoms with E-state index >= 15 is 0 Å². The van der Waals surface area contributed by atoms with E-state index in [0.717, 1.165) is 22.5 Å². The van der Waals surface area contributed by atoms with Gasteiger partial charge in [-0.2, -0.15) is 0 Å². The Kier molecular flexibility index (Phi) is 6.34.